The molecule has 0 aromatic carbocycles. The number of hydrogen-bond donors (Lipinski definition) is 0. The lowest BCUT2D eigenvalue weighted by Crippen LogP contribution is -2.10. The minimum absolute atomic E-state index is 0.111. The van der Waals surface area contributed by atoms with Crippen molar-refractivity contribution in [3.63, 3.8) is 0 Å². The molecule has 1 aromatic rings. The first-order chi connectivity index (χ1) is 6.90. The van der Waals surface area contributed by atoms with Gasteiger partial charge in [-0.2, -0.15) is 13.2 Å². The molecular formula is C10H15F3N2. The Balaban J connectivity index is 2.47. The van der Waals surface area contributed by atoms with Crippen LogP contribution in [0, 0.1) is 0 Å². The van der Waals surface area contributed by atoms with Crippen molar-refractivity contribution in [2.75, 3.05) is 0 Å². The first kappa shape index (κ1) is 12.1. The summed E-state index contributed by atoms with van der Waals surface area (Å²) in [5.41, 5.74) is 0. The molecule has 0 unspecified atom stereocenters. The lowest BCUT2D eigenvalue weighted by molar-refractivity contribution is -0.135. The summed E-state index contributed by atoms with van der Waals surface area (Å²) in [6.07, 6.45) is -1.32. The molecule has 1 heterocycles. The van der Waals surface area contributed by atoms with Gasteiger partial charge in [-0.3, -0.25) is 0 Å². The molecule has 1 aromatic heterocycles. The standard InChI is InChI=1S/C10H15F3N2/c1-8(2)9-14-5-7-15(9)6-3-4-10(11,12)13/h5,7-8H,3-4,6H2,1-2H3. The van der Waals surface area contributed by atoms with Crippen molar-refractivity contribution in [1.82, 2.24) is 9.55 Å². The molecule has 0 spiro atoms. The maximum Gasteiger partial charge on any atom is 0.389 e. The van der Waals surface area contributed by atoms with E-state index in [9.17, 15) is 13.2 Å². The summed E-state index contributed by atoms with van der Waals surface area (Å²) in [6.45, 7) is 4.33. The highest BCUT2D eigenvalue weighted by molar-refractivity contribution is 4.97. The van der Waals surface area contributed by atoms with Gasteiger partial charge in [-0.25, -0.2) is 4.98 Å². The van der Waals surface area contributed by atoms with Crippen LogP contribution in [0.4, 0.5) is 13.2 Å². The van der Waals surface area contributed by atoms with Crippen molar-refractivity contribution in [3.05, 3.63) is 18.2 Å². The topological polar surface area (TPSA) is 17.8 Å². The summed E-state index contributed by atoms with van der Waals surface area (Å²) in [7, 11) is 0. The zero-order valence-corrected chi connectivity index (χ0v) is 8.88. The molecule has 0 N–H and O–H groups in total. The van der Waals surface area contributed by atoms with Gasteiger partial charge in [-0.1, -0.05) is 13.8 Å². The Morgan fingerprint density at radius 3 is 2.60 bits per heavy atom. The lowest BCUT2D eigenvalue weighted by Gasteiger charge is -2.11. The first-order valence-corrected chi connectivity index (χ1v) is 4.98. The summed E-state index contributed by atoms with van der Waals surface area (Å²) in [4.78, 5) is 4.11. The molecule has 0 saturated carbocycles. The van der Waals surface area contributed by atoms with Gasteiger partial charge in [0.15, 0.2) is 0 Å². The SMILES string of the molecule is CC(C)c1nccn1CCCC(F)(F)F. The van der Waals surface area contributed by atoms with Crippen molar-refractivity contribution < 1.29 is 13.2 Å². The minimum atomic E-state index is -4.06. The van der Waals surface area contributed by atoms with E-state index in [2.05, 4.69) is 4.98 Å². The third-order valence-corrected chi connectivity index (χ3v) is 2.12. The highest BCUT2D eigenvalue weighted by atomic mass is 19.4. The van der Waals surface area contributed by atoms with Crippen molar-refractivity contribution >= 4 is 0 Å². The Kier molecular flexibility index (Phi) is 3.77. The molecule has 0 amide bonds. The van der Waals surface area contributed by atoms with E-state index >= 15 is 0 Å². The van der Waals surface area contributed by atoms with Gasteiger partial charge in [-0.15, -0.1) is 0 Å². The number of imidazole rings is 1. The van der Waals surface area contributed by atoms with Crippen molar-refractivity contribution in [3.8, 4) is 0 Å². The normalized spacial score (nSPS) is 12.4. The average Bonchev–Trinajstić information content (AvgIpc) is 2.49. The Morgan fingerprint density at radius 2 is 2.07 bits per heavy atom. The highest BCUT2D eigenvalue weighted by Crippen LogP contribution is 2.22. The van der Waals surface area contributed by atoms with Crippen LogP contribution in [0.5, 0.6) is 0 Å². The van der Waals surface area contributed by atoms with E-state index in [4.69, 9.17) is 0 Å². The Labute approximate surface area is 87.1 Å². The maximum absolute atomic E-state index is 11.9. The number of hydrogen-bond acceptors (Lipinski definition) is 1. The number of halogens is 3. The summed E-state index contributed by atoms with van der Waals surface area (Å²) < 4.78 is 37.5. The van der Waals surface area contributed by atoms with E-state index in [0.29, 0.717) is 6.54 Å². The van der Waals surface area contributed by atoms with E-state index in [1.807, 2.05) is 13.8 Å². The second kappa shape index (κ2) is 4.68. The molecule has 0 fully saturated rings. The summed E-state index contributed by atoms with van der Waals surface area (Å²) in [6, 6.07) is 0. The molecule has 86 valence electrons. The predicted octanol–water partition coefficient (Wildman–Crippen LogP) is 3.35. The molecule has 0 aliphatic rings. The van der Waals surface area contributed by atoms with Crippen LogP contribution in [-0.2, 0) is 6.54 Å². The Morgan fingerprint density at radius 1 is 1.40 bits per heavy atom. The summed E-state index contributed by atoms with van der Waals surface area (Å²) in [5, 5.41) is 0. The second-order valence-electron chi connectivity index (χ2n) is 3.85. The molecule has 0 saturated heterocycles. The van der Waals surface area contributed by atoms with Gasteiger partial charge in [0.05, 0.1) is 0 Å². The largest absolute Gasteiger partial charge is 0.389 e. The van der Waals surface area contributed by atoms with Crippen LogP contribution >= 0.6 is 0 Å². The van der Waals surface area contributed by atoms with Crippen LogP contribution in [0.25, 0.3) is 0 Å². The van der Waals surface area contributed by atoms with Gasteiger partial charge >= 0.3 is 6.18 Å². The number of rotatable bonds is 4. The Bertz CT molecular complexity index is 302. The third kappa shape index (κ3) is 3.93. The smallest absolute Gasteiger partial charge is 0.335 e. The molecule has 1 rings (SSSR count). The molecule has 0 aliphatic carbocycles. The van der Waals surface area contributed by atoms with Crippen LogP contribution < -0.4 is 0 Å². The molecule has 0 aliphatic heterocycles. The average molecular weight is 220 g/mol. The van der Waals surface area contributed by atoms with Gasteiger partial charge in [-0.05, 0) is 6.42 Å². The zero-order chi connectivity index (χ0) is 11.5. The molecule has 0 radical (unpaired) electrons. The van der Waals surface area contributed by atoms with E-state index in [1.54, 1.807) is 17.0 Å². The minimum Gasteiger partial charge on any atom is -0.335 e. The molecule has 0 bridgehead atoms. The number of aromatic nitrogens is 2. The van der Waals surface area contributed by atoms with Crippen LogP contribution in [0.2, 0.25) is 0 Å². The summed E-state index contributed by atoms with van der Waals surface area (Å²) >= 11 is 0. The predicted molar refractivity (Wildman–Crippen MR) is 51.6 cm³/mol. The molecule has 0 atom stereocenters. The van der Waals surface area contributed by atoms with Gasteiger partial charge in [0.2, 0.25) is 0 Å². The van der Waals surface area contributed by atoms with Crippen LogP contribution in [-0.4, -0.2) is 15.7 Å². The van der Waals surface area contributed by atoms with Crippen molar-refractivity contribution in [1.29, 1.82) is 0 Å². The van der Waals surface area contributed by atoms with E-state index in [1.165, 1.54) is 0 Å². The molecule has 2 nitrogen and oxygen atoms in total. The quantitative estimate of drug-likeness (QED) is 0.760. The fourth-order valence-corrected chi connectivity index (χ4v) is 1.46. The monoisotopic (exact) mass is 220 g/mol. The van der Waals surface area contributed by atoms with Crippen LogP contribution in [0.15, 0.2) is 12.4 Å². The number of nitrogens with zero attached hydrogens (tertiary/aromatic N) is 2. The van der Waals surface area contributed by atoms with Gasteiger partial charge in [0.1, 0.15) is 5.82 Å². The lowest BCUT2D eigenvalue weighted by atomic mass is 10.2. The third-order valence-electron chi connectivity index (χ3n) is 2.12. The number of aryl methyl sites for hydroxylation is 1. The van der Waals surface area contributed by atoms with Crippen LogP contribution in [0.1, 0.15) is 38.4 Å². The molecule has 15 heavy (non-hydrogen) atoms. The zero-order valence-electron chi connectivity index (χ0n) is 8.88. The van der Waals surface area contributed by atoms with E-state index in [-0.39, 0.29) is 12.3 Å². The highest BCUT2D eigenvalue weighted by Gasteiger charge is 2.26. The van der Waals surface area contributed by atoms with Gasteiger partial charge in [0.25, 0.3) is 0 Å². The van der Waals surface area contributed by atoms with Crippen LogP contribution in [0.3, 0.4) is 0 Å². The van der Waals surface area contributed by atoms with Gasteiger partial charge < -0.3 is 4.57 Å². The number of alkyl halides is 3. The first-order valence-electron chi connectivity index (χ1n) is 4.98. The fraction of sp³-hybridized carbons (Fsp3) is 0.700. The molecular weight excluding hydrogens is 205 g/mol. The maximum atomic E-state index is 11.9. The van der Waals surface area contributed by atoms with E-state index < -0.39 is 12.6 Å². The van der Waals surface area contributed by atoms with E-state index in [0.717, 1.165) is 5.82 Å². The second-order valence-corrected chi connectivity index (χ2v) is 3.85. The Hall–Kier alpha value is -1.00. The fourth-order valence-electron chi connectivity index (χ4n) is 1.46. The van der Waals surface area contributed by atoms with Crippen molar-refractivity contribution in [2.45, 2.75) is 45.3 Å². The molecule has 5 heteroatoms. The van der Waals surface area contributed by atoms with Gasteiger partial charge in [0, 0.05) is 31.3 Å². The van der Waals surface area contributed by atoms with Crippen molar-refractivity contribution in [2.24, 2.45) is 0 Å². The summed E-state index contributed by atoms with van der Waals surface area (Å²) in [5.74, 6) is 1.09.